The minimum atomic E-state index is -0.393. The number of carbonyl (C=O) groups excluding carboxylic acids is 1. The molecule has 1 amide bonds. The summed E-state index contributed by atoms with van der Waals surface area (Å²) in [5.41, 5.74) is 1.78. The molecular formula is C25H28N6OS. The minimum absolute atomic E-state index is 0.0508. The van der Waals surface area contributed by atoms with Crippen molar-refractivity contribution in [3.63, 3.8) is 0 Å². The molecule has 3 aromatic rings. The molecule has 170 valence electrons. The van der Waals surface area contributed by atoms with E-state index in [2.05, 4.69) is 25.7 Å². The Balaban J connectivity index is 1.58. The summed E-state index contributed by atoms with van der Waals surface area (Å²) in [5.74, 6) is 0.833. The zero-order valence-corrected chi connectivity index (χ0v) is 19.6. The highest BCUT2D eigenvalue weighted by molar-refractivity contribution is 8.00. The summed E-state index contributed by atoms with van der Waals surface area (Å²) in [7, 11) is 0. The van der Waals surface area contributed by atoms with E-state index in [4.69, 9.17) is 5.26 Å². The second-order valence-electron chi connectivity index (χ2n) is 8.05. The van der Waals surface area contributed by atoms with Gasteiger partial charge in [0.25, 0.3) is 0 Å². The molecule has 33 heavy (non-hydrogen) atoms. The molecule has 1 atom stereocenters. The Labute approximate surface area is 199 Å². The van der Waals surface area contributed by atoms with Crippen LogP contribution in [-0.4, -0.2) is 50.5 Å². The fourth-order valence-electron chi connectivity index (χ4n) is 4.02. The monoisotopic (exact) mass is 460 g/mol. The van der Waals surface area contributed by atoms with Crippen molar-refractivity contribution in [2.75, 3.05) is 24.5 Å². The highest BCUT2D eigenvalue weighted by Gasteiger charge is 2.26. The molecule has 1 aromatic heterocycles. The molecule has 0 spiro atoms. The van der Waals surface area contributed by atoms with Crippen molar-refractivity contribution in [3.05, 3.63) is 66.5 Å². The summed E-state index contributed by atoms with van der Waals surface area (Å²) >= 11 is 1.41. The fourth-order valence-corrected chi connectivity index (χ4v) is 4.97. The van der Waals surface area contributed by atoms with Gasteiger partial charge in [-0.25, -0.2) is 0 Å². The number of nitriles is 1. The number of rotatable bonds is 9. The second kappa shape index (κ2) is 11.1. The van der Waals surface area contributed by atoms with Crippen LogP contribution in [0.25, 0.3) is 5.69 Å². The van der Waals surface area contributed by atoms with Crippen molar-refractivity contribution >= 4 is 23.4 Å². The predicted molar refractivity (Wildman–Crippen MR) is 130 cm³/mol. The van der Waals surface area contributed by atoms with Crippen LogP contribution in [0.15, 0.2) is 65.8 Å². The average molecular weight is 461 g/mol. The summed E-state index contributed by atoms with van der Waals surface area (Å²) in [6.07, 6.45) is 2.70. The number of aromatic nitrogens is 3. The van der Waals surface area contributed by atoms with E-state index in [0.717, 1.165) is 36.8 Å². The van der Waals surface area contributed by atoms with Gasteiger partial charge in [0.15, 0.2) is 11.0 Å². The molecule has 1 unspecified atom stereocenters. The number of benzene rings is 2. The molecule has 1 fully saturated rings. The van der Waals surface area contributed by atoms with Gasteiger partial charge in [-0.2, -0.15) is 5.26 Å². The van der Waals surface area contributed by atoms with Gasteiger partial charge in [0.05, 0.1) is 24.3 Å². The Morgan fingerprint density at radius 2 is 1.76 bits per heavy atom. The van der Waals surface area contributed by atoms with Crippen LogP contribution in [0.5, 0.6) is 0 Å². The molecule has 2 aromatic carbocycles. The first kappa shape index (κ1) is 23.0. The van der Waals surface area contributed by atoms with Gasteiger partial charge >= 0.3 is 0 Å². The number of para-hydroxylation sites is 2. The van der Waals surface area contributed by atoms with Crippen LogP contribution < -0.4 is 4.90 Å². The van der Waals surface area contributed by atoms with Crippen LogP contribution in [0.1, 0.15) is 32.0 Å². The molecule has 1 aliphatic rings. The number of nitrogens with zero attached hydrogens (tertiary/aromatic N) is 6. The zero-order valence-electron chi connectivity index (χ0n) is 18.8. The smallest absolute Gasteiger partial charge is 0.240 e. The maximum absolute atomic E-state index is 13.4. The van der Waals surface area contributed by atoms with Crippen molar-refractivity contribution in [1.29, 1.82) is 5.26 Å². The van der Waals surface area contributed by atoms with E-state index < -0.39 is 5.25 Å². The van der Waals surface area contributed by atoms with Crippen LogP contribution in [0, 0.1) is 11.3 Å². The maximum atomic E-state index is 13.4. The lowest BCUT2D eigenvalue weighted by Gasteiger charge is -2.25. The topological polar surface area (TPSA) is 78.1 Å². The maximum Gasteiger partial charge on any atom is 0.240 e. The fraction of sp³-hybridized carbons (Fsp3) is 0.360. The third-order valence-corrected chi connectivity index (χ3v) is 6.72. The van der Waals surface area contributed by atoms with E-state index in [-0.39, 0.29) is 12.3 Å². The van der Waals surface area contributed by atoms with E-state index in [1.807, 2.05) is 67.6 Å². The van der Waals surface area contributed by atoms with E-state index in [0.29, 0.717) is 11.7 Å². The third-order valence-electron chi connectivity index (χ3n) is 5.69. The van der Waals surface area contributed by atoms with Crippen LogP contribution >= 0.6 is 11.8 Å². The van der Waals surface area contributed by atoms with Gasteiger partial charge in [0.2, 0.25) is 5.91 Å². The Morgan fingerprint density at radius 3 is 2.42 bits per heavy atom. The van der Waals surface area contributed by atoms with Crippen molar-refractivity contribution in [2.24, 2.45) is 0 Å². The molecule has 2 heterocycles. The Bertz CT molecular complexity index is 1090. The molecule has 0 N–H and O–H groups in total. The van der Waals surface area contributed by atoms with E-state index >= 15 is 0 Å². The predicted octanol–water partition coefficient (Wildman–Crippen LogP) is 4.29. The first-order valence-electron chi connectivity index (χ1n) is 11.3. The average Bonchev–Trinajstić information content (AvgIpc) is 3.51. The lowest BCUT2D eigenvalue weighted by molar-refractivity contribution is -0.117. The molecular weight excluding hydrogens is 432 g/mol. The molecule has 0 bridgehead atoms. The highest BCUT2D eigenvalue weighted by Crippen LogP contribution is 2.29. The van der Waals surface area contributed by atoms with Gasteiger partial charge < -0.3 is 4.90 Å². The molecule has 0 aliphatic carbocycles. The van der Waals surface area contributed by atoms with Gasteiger partial charge in [-0.3, -0.25) is 14.3 Å². The van der Waals surface area contributed by atoms with Crippen molar-refractivity contribution in [3.8, 4) is 11.8 Å². The molecule has 1 saturated heterocycles. The number of anilines is 1. The second-order valence-corrected chi connectivity index (χ2v) is 9.35. The summed E-state index contributed by atoms with van der Waals surface area (Å²) < 4.78 is 2.06. The van der Waals surface area contributed by atoms with Crippen LogP contribution in [0.4, 0.5) is 5.69 Å². The van der Waals surface area contributed by atoms with E-state index in [1.165, 1.54) is 24.6 Å². The lowest BCUT2D eigenvalue weighted by Crippen LogP contribution is -2.37. The summed E-state index contributed by atoms with van der Waals surface area (Å²) in [5, 5.41) is 18.4. The molecule has 1 aliphatic heterocycles. The Hall–Kier alpha value is -3.15. The first-order chi connectivity index (χ1) is 16.2. The number of likely N-dealkylation sites (tertiary alicyclic amines) is 1. The number of amides is 1. The number of hydrogen-bond acceptors (Lipinski definition) is 6. The van der Waals surface area contributed by atoms with E-state index in [9.17, 15) is 4.79 Å². The highest BCUT2D eigenvalue weighted by atomic mass is 32.2. The molecule has 8 heteroatoms. The van der Waals surface area contributed by atoms with E-state index in [1.54, 1.807) is 4.90 Å². The SMILES string of the molecule is CC(Sc1nnc(CN2CCCC2)n1-c1ccccc1)C(=O)N(CCC#N)c1ccccc1. The lowest BCUT2D eigenvalue weighted by atomic mass is 10.2. The molecule has 0 radical (unpaired) electrons. The molecule has 0 saturated carbocycles. The van der Waals surface area contributed by atoms with Crippen LogP contribution in [0.3, 0.4) is 0 Å². The summed E-state index contributed by atoms with van der Waals surface area (Å²) in [4.78, 5) is 17.5. The minimum Gasteiger partial charge on any atom is -0.310 e. The number of carbonyl (C=O) groups is 1. The normalized spacial score (nSPS) is 14.7. The van der Waals surface area contributed by atoms with Crippen LogP contribution in [-0.2, 0) is 11.3 Å². The van der Waals surface area contributed by atoms with Gasteiger partial charge in [0.1, 0.15) is 0 Å². The first-order valence-corrected chi connectivity index (χ1v) is 12.2. The standard InChI is InChI=1S/C25H28N6OS/c1-20(24(32)30(18-10-15-26)21-11-4-2-5-12-21)33-25-28-27-23(19-29-16-8-9-17-29)31(25)22-13-6-3-7-14-22/h2-7,11-14,20H,8-10,16-19H2,1H3. The van der Waals surface area contributed by atoms with Gasteiger partial charge in [-0.15, -0.1) is 10.2 Å². The van der Waals surface area contributed by atoms with Crippen molar-refractivity contribution < 1.29 is 4.79 Å². The molecule has 7 nitrogen and oxygen atoms in total. The van der Waals surface area contributed by atoms with Gasteiger partial charge in [-0.05, 0) is 57.1 Å². The molecule has 4 rings (SSSR count). The van der Waals surface area contributed by atoms with Gasteiger partial charge in [0, 0.05) is 17.9 Å². The van der Waals surface area contributed by atoms with Crippen molar-refractivity contribution in [1.82, 2.24) is 19.7 Å². The third kappa shape index (κ3) is 5.62. The Morgan fingerprint density at radius 1 is 1.09 bits per heavy atom. The van der Waals surface area contributed by atoms with Crippen LogP contribution in [0.2, 0.25) is 0 Å². The largest absolute Gasteiger partial charge is 0.310 e. The summed E-state index contributed by atoms with van der Waals surface area (Å²) in [6.45, 7) is 5.13. The number of hydrogen-bond donors (Lipinski definition) is 0. The summed E-state index contributed by atoms with van der Waals surface area (Å²) in [6, 6.07) is 21.7. The van der Waals surface area contributed by atoms with Crippen molar-refractivity contribution in [2.45, 2.75) is 43.1 Å². The number of thioether (sulfide) groups is 1. The quantitative estimate of drug-likeness (QED) is 0.443. The zero-order chi connectivity index (χ0) is 23.0. The Kier molecular flexibility index (Phi) is 7.76. The van der Waals surface area contributed by atoms with Gasteiger partial charge in [-0.1, -0.05) is 48.2 Å².